The molecule has 0 amide bonds. The zero-order valence-corrected chi connectivity index (χ0v) is 19.6. The summed E-state index contributed by atoms with van der Waals surface area (Å²) in [6, 6.07) is 0. The first-order valence-electron chi connectivity index (χ1n) is 13.0. The Balaban J connectivity index is 1.46. The van der Waals surface area contributed by atoms with E-state index >= 15 is 0 Å². The summed E-state index contributed by atoms with van der Waals surface area (Å²) >= 11 is 0. The van der Waals surface area contributed by atoms with Crippen LogP contribution in [-0.2, 0) is 0 Å². The van der Waals surface area contributed by atoms with Crippen molar-refractivity contribution in [2.75, 3.05) is 0 Å². The Bertz CT molecular complexity index is 540. The highest BCUT2D eigenvalue weighted by molar-refractivity contribution is 5.09. The lowest BCUT2D eigenvalue weighted by atomic mass is 9.44. The van der Waals surface area contributed by atoms with Crippen LogP contribution in [0.3, 0.4) is 0 Å². The number of rotatable bonds is 5. The van der Waals surface area contributed by atoms with Gasteiger partial charge in [-0.25, -0.2) is 0 Å². The summed E-state index contributed by atoms with van der Waals surface area (Å²) < 4.78 is 0. The van der Waals surface area contributed by atoms with E-state index in [9.17, 15) is 5.11 Å². The van der Waals surface area contributed by atoms with E-state index in [4.69, 9.17) is 0 Å². The topological polar surface area (TPSA) is 20.2 Å². The summed E-state index contributed by atoms with van der Waals surface area (Å²) in [6.45, 7) is 12.2. The van der Waals surface area contributed by atoms with Gasteiger partial charge < -0.3 is 5.11 Å². The molecule has 4 aliphatic rings. The molecular weight excluding hydrogens is 340 g/mol. The molecule has 0 aromatic heterocycles. The van der Waals surface area contributed by atoms with Gasteiger partial charge in [-0.3, -0.25) is 0 Å². The highest BCUT2D eigenvalue weighted by Gasteiger charge is 2.60. The molecule has 1 heteroatoms. The smallest absolute Gasteiger partial charge is 0.0563 e. The van der Waals surface area contributed by atoms with Crippen LogP contribution in [0, 0.1) is 52.3 Å². The van der Waals surface area contributed by atoms with Crippen LogP contribution in [0.25, 0.3) is 0 Å². The number of aliphatic hydroxyl groups excluding tert-OH is 1. The second-order valence-electron chi connectivity index (χ2n) is 12.5. The van der Waals surface area contributed by atoms with Gasteiger partial charge in [0.1, 0.15) is 0 Å². The van der Waals surface area contributed by atoms with Gasteiger partial charge in [0.2, 0.25) is 0 Å². The summed E-state index contributed by atoms with van der Waals surface area (Å²) in [6.07, 6.45) is 17.2. The maximum Gasteiger partial charge on any atom is 0.0563 e. The molecule has 4 fully saturated rings. The second kappa shape index (κ2) is 7.90. The lowest BCUT2D eigenvalue weighted by molar-refractivity contribution is -0.114. The lowest BCUT2D eigenvalue weighted by Crippen LogP contribution is -2.53. The highest BCUT2D eigenvalue weighted by atomic mass is 16.3. The van der Waals surface area contributed by atoms with Crippen molar-refractivity contribution in [3.05, 3.63) is 0 Å². The minimum Gasteiger partial charge on any atom is -0.393 e. The van der Waals surface area contributed by atoms with Gasteiger partial charge in [-0.1, -0.05) is 47.5 Å². The molecule has 0 aromatic carbocycles. The minimum absolute atomic E-state index is 0.107. The molecule has 0 saturated heterocycles. The third kappa shape index (κ3) is 3.40. The van der Waals surface area contributed by atoms with Crippen LogP contribution < -0.4 is 0 Å². The Hall–Kier alpha value is -0.0400. The molecular formula is C27H48O. The molecule has 0 heterocycles. The van der Waals surface area contributed by atoms with Crippen LogP contribution in [0.5, 0.6) is 0 Å². The Labute approximate surface area is 175 Å². The van der Waals surface area contributed by atoms with Crippen LogP contribution in [0.15, 0.2) is 0 Å². The predicted octanol–water partition coefficient (Wildman–Crippen LogP) is 7.47. The van der Waals surface area contributed by atoms with Crippen LogP contribution in [0.1, 0.15) is 112 Å². The first-order valence-corrected chi connectivity index (χ1v) is 13.0. The molecule has 0 radical (unpaired) electrons. The van der Waals surface area contributed by atoms with E-state index in [1.165, 1.54) is 64.2 Å². The molecule has 0 aromatic rings. The molecule has 28 heavy (non-hydrogen) atoms. The van der Waals surface area contributed by atoms with E-state index in [1.807, 2.05) is 0 Å². The maximum absolute atomic E-state index is 10.3. The zero-order chi connectivity index (χ0) is 20.1. The Morgan fingerprint density at radius 3 is 2.29 bits per heavy atom. The summed E-state index contributed by atoms with van der Waals surface area (Å²) in [7, 11) is 0. The fourth-order valence-corrected chi connectivity index (χ4v) is 9.24. The molecule has 4 saturated carbocycles. The fraction of sp³-hybridized carbons (Fsp3) is 1.00. The average Bonchev–Trinajstić information content (AvgIpc) is 3.02. The van der Waals surface area contributed by atoms with Gasteiger partial charge in [0.25, 0.3) is 0 Å². The van der Waals surface area contributed by atoms with Crippen molar-refractivity contribution < 1.29 is 5.11 Å². The monoisotopic (exact) mass is 388 g/mol. The molecule has 162 valence electrons. The normalized spacial score (nSPS) is 47.9. The Morgan fingerprint density at radius 1 is 0.786 bits per heavy atom. The van der Waals surface area contributed by atoms with E-state index in [2.05, 4.69) is 34.6 Å². The highest BCUT2D eigenvalue weighted by Crippen LogP contribution is 2.68. The third-order valence-corrected chi connectivity index (χ3v) is 11.0. The van der Waals surface area contributed by atoms with Gasteiger partial charge in [0.15, 0.2) is 0 Å². The fourth-order valence-electron chi connectivity index (χ4n) is 9.24. The SMILES string of the molecule is CC(C)[C@H](O)CC[C@@H](C)[C@H]1CC[C@H]2[C@@H]3CCC4CCCC[C@]4(C)[C@H]3CC[C@]12C. The van der Waals surface area contributed by atoms with Crippen molar-refractivity contribution in [3.63, 3.8) is 0 Å². The summed E-state index contributed by atoms with van der Waals surface area (Å²) in [5.41, 5.74) is 1.26. The molecule has 0 aliphatic heterocycles. The van der Waals surface area contributed by atoms with E-state index in [0.29, 0.717) is 16.7 Å². The van der Waals surface area contributed by atoms with Crippen LogP contribution in [-0.4, -0.2) is 11.2 Å². The Kier molecular flexibility index (Phi) is 5.98. The molecule has 9 atom stereocenters. The number of aliphatic hydroxyl groups is 1. The number of fused-ring (bicyclic) bond motifs is 5. The Morgan fingerprint density at radius 2 is 1.54 bits per heavy atom. The molecule has 1 unspecified atom stereocenters. The van der Waals surface area contributed by atoms with Gasteiger partial charge in [0.05, 0.1) is 6.10 Å². The lowest BCUT2D eigenvalue weighted by Gasteiger charge is -2.61. The summed E-state index contributed by atoms with van der Waals surface area (Å²) in [5.74, 6) is 6.17. The second-order valence-corrected chi connectivity index (χ2v) is 12.5. The molecule has 4 rings (SSSR count). The van der Waals surface area contributed by atoms with Crippen LogP contribution >= 0.6 is 0 Å². The van der Waals surface area contributed by atoms with Crippen LogP contribution in [0.2, 0.25) is 0 Å². The van der Waals surface area contributed by atoms with Crippen molar-refractivity contribution >= 4 is 0 Å². The third-order valence-electron chi connectivity index (χ3n) is 11.0. The van der Waals surface area contributed by atoms with E-state index in [0.717, 1.165) is 41.9 Å². The minimum atomic E-state index is -0.107. The van der Waals surface area contributed by atoms with Crippen LogP contribution in [0.4, 0.5) is 0 Å². The van der Waals surface area contributed by atoms with Gasteiger partial charge in [-0.05, 0) is 116 Å². The number of hydrogen-bond acceptors (Lipinski definition) is 1. The van der Waals surface area contributed by atoms with Crippen molar-refractivity contribution in [1.29, 1.82) is 0 Å². The largest absolute Gasteiger partial charge is 0.393 e. The average molecular weight is 389 g/mol. The molecule has 1 N–H and O–H groups in total. The van der Waals surface area contributed by atoms with Crippen molar-refractivity contribution in [2.24, 2.45) is 52.3 Å². The number of hydrogen-bond donors (Lipinski definition) is 1. The predicted molar refractivity (Wildman–Crippen MR) is 119 cm³/mol. The first kappa shape index (κ1) is 21.2. The zero-order valence-electron chi connectivity index (χ0n) is 19.6. The van der Waals surface area contributed by atoms with Gasteiger partial charge in [-0.15, -0.1) is 0 Å². The van der Waals surface area contributed by atoms with Gasteiger partial charge in [0, 0.05) is 0 Å². The van der Waals surface area contributed by atoms with Gasteiger partial charge >= 0.3 is 0 Å². The summed E-state index contributed by atoms with van der Waals surface area (Å²) in [5, 5.41) is 10.3. The molecule has 4 aliphatic carbocycles. The van der Waals surface area contributed by atoms with E-state index < -0.39 is 0 Å². The van der Waals surface area contributed by atoms with E-state index in [-0.39, 0.29) is 6.10 Å². The maximum atomic E-state index is 10.3. The quantitative estimate of drug-likeness (QED) is 0.518. The first-order chi connectivity index (χ1) is 13.3. The molecule has 0 bridgehead atoms. The van der Waals surface area contributed by atoms with Crippen molar-refractivity contribution in [3.8, 4) is 0 Å². The molecule has 0 spiro atoms. The van der Waals surface area contributed by atoms with E-state index in [1.54, 1.807) is 6.42 Å². The van der Waals surface area contributed by atoms with Crippen molar-refractivity contribution in [2.45, 2.75) is 118 Å². The standard InChI is InChI=1S/C27H48O/c1-18(2)25(28)14-9-19(3)22-12-13-23-21-11-10-20-8-6-7-16-26(20,4)24(21)15-17-27(22,23)5/h18-25,28H,6-17H2,1-5H3/t19-,20?,21+,22-,23+,24+,25-,26+,27-/m1/s1. The molecule has 1 nitrogen and oxygen atoms in total. The summed E-state index contributed by atoms with van der Waals surface area (Å²) in [4.78, 5) is 0. The van der Waals surface area contributed by atoms with Crippen molar-refractivity contribution in [1.82, 2.24) is 0 Å². The van der Waals surface area contributed by atoms with Gasteiger partial charge in [-0.2, -0.15) is 0 Å².